The molecule has 0 spiro atoms. The van der Waals surface area contributed by atoms with Crippen molar-refractivity contribution in [2.24, 2.45) is 0 Å². The summed E-state index contributed by atoms with van der Waals surface area (Å²) in [6.07, 6.45) is 4.75. The Bertz CT molecular complexity index is 601. The number of hydrogen-bond donors (Lipinski definition) is 3. The number of aromatic amines is 1. The molecule has 0 aliphatic rings. The number of carbonyl (C=O) groups excluding carboxylic acids is 1. The third kappa shape index (κ3) is 2.97. The summed E-state index contributed by atoms with van der Waals surface area (Å²) in [5.41, 5.74) is 0.698. The van der Waals surface area contributed by atoms with E-state index in [1.54, 1.807) is 10.9 Å². The van der Waals surface area contributed by atoms with Gasteiger partial charge in [0.05, 0.1) is 19.1 Å². The van der Waals surface area contributed by atoms with Gasteiger partial charge in [0.25, 0.3) is 5.91 Å². The number of aryl methyl sites for hydroxylation is 1. The van der Waals surface area contributed by atoms with Gasteiger partial charge in [-0.2, -0.15) is 5.10 Å². The van der Waals surface area contributed by atoms with Crippen LogP contribution in [0.5, 0.6) is 0 Å². The Labute approximate surface area is 108 Å². The van der Waals surface area contributed by atoms with Crippen molar-refractivity contribution in [1.82, 2.24) is 25.1 Å². The summed E-state index contributed by atoms with van der Waals surface area (Å²) >= 11 is 0. The van der Waals surface area contributed by atoms with Crippen LogP contribution in [0, 0.1) is 6.92 Å². The number of carboxylic acids is 1. The molecular formula is C11H13N5O3. The zero-order chi connectivity index (χ0) is 13.8. The van der Waals surface area contributed by atoms with Gasteiger partial charge >= 0.3 is 5.97 Å². The normalized spacial score (nSPS) is 10.4. The summed E-state index contributed by atoms with van der Waals surface area (Å²) in [4.78, 5) is 28.7. The summed E-state index contributed by atoms with van der Waals surface area (Å²) < 4.78 is 1.69. The van der Waals surface area contributed by atoms with Crippen LogP contribution in [0.25, 0.3) is 0 Å². The standard InChI is InChI=1S/C11H13N5O3/c1-7-4-15-16(5-7)3-2-12-10(17)8-9(11(18)19)14-6-13-8/h4-6H,2-3H2,1H3,(H,12,17)(H,13,14)(H,18,19). The van der Waals surface area contributed by atoms with Crippen molar-refractivity contribution >= 4 is 11.9 Å². The lowest BCUT2D eigenvalue weighted by atomic mass is 10.3. The summed E-state index contributed by atoms with van der Waals surface area (Å²) in [7, 11) is 0. The molecular weight excluding hydrogens is 250 g/mol. The molecule has 0 radical (unpaired) electrons. The number of nitrogens with zero attached hydrogens (tertiary/aromatic N) is 3. The van der Waals surface area contributed by atoms with Crippen molar-refractivity contribution in [3.05, 3.63) is 35.7 Å². The molecule has 0 unspecified atom stereocenters. The van der Waals surface area contributed by atoms with Crippen molar-refractivity contribution in [2.45, 2.75) is 13.5 Å². The lowest BCUT2D eigenvalue weighted by Crippen LogP contribution is -2.29. The lowest BCUT2D eigenvalue weighted by molar-refractivity contribution is 0.0685. The number of imidazole rings is 1. The monoisotopic (exact) mass is 263 g/mol. The Kier molecular flexibility index (Phi) is 3.60. The van der Waals surface area contributed by atoms with Crippen molar-refractivity contribution in [1.29, 1.82) is 0 Å². The Balaban J connectivity index is 1.91. The number of nitrogens with one attached hydrogen (secondary N) is 2. The Hall–Kier alpha value is -2.64. The first-order valence-corrected chi connectivity index (χ1v) is 5.62. The van der Waals surface area contributed by atoms with E-state index in [-0.39, 0.29) is 11.4 Å². The van der Waals surface area contributed by atoms with Crippen molar-refractivity contribution < 1.29 is 14.7 Å². The van der Waals surface area contributed by atoms with Gasteiger partial charge < -0.3 is 15.4 Å². The topological polar surface area (TPSA) is 113 Å². The minimum atomic E-state index is -1.22. The number of carboxylic acid groups (broad SMARTS) is 1. The lowest BCUT2D eigenvalue weighted by Gasteiger charge is -2.04. The summed E-state index contributed by atoms with van der Waals surface area (Å²) in [5.74, 6) is -1.74. The zero-order valence-electron chi connectivity index (χ0n) is 10.3. The number of rotatable bonds is 5. The van der Waals surface area contributed by atoms with E-state index in [9.17, 15) is 9.59 Å². The number of hydrogen-bond acceptors (Lipinski definition) is 4. The van der Waals surface area contributed by atoms with E-state index in [2.05, 4.69) is 20.4 Å². The van der Waals surface area contributed by atoms with Crippen LogP contribution in [0.1, 0.15) is 26.5 Å². The molecule has 2 aromatic rings. The van der Waals surface area contributed by atoms with E-state index in [1.165, 1.54) is 6.33 Å². The maximum Gasteiger partial charge on any atom is 0.354 e. The fourth-order valence-corrected chi connectivity index (χ4v) is 1.59. The largest absolute Gasteiger partial charge is 0.477 e. The summed E-state index contributed by atoms with van der Waals surface area (Å²) in [6, 6.07) is 0. The molecule has 0 fully saturated rings. The van der Waals surface area contributed by atoms with Crippen LogP contribution in [0.3, 0.4) is 0 Å². The molecule has 0 atom stereocenters. The first-order chi connectivity index (χ1) is 9.08. The molecule has 0 bridgehead atoms. The smallest absolute Gasteiger partial charge is 0.354 e. The molecule has 100 valence electrons. The second-order valence-corrected chi connectivity index (χ2v) is 3.97. The van der Waals surface area contributed by atoms with Crippen LogP contribution in [0.15, 0.2) is 18.7 Å². The highest BCUT2D eigenvalue weighted by Crippen LogP contribution is 2.02. The molecule has 2 rings (SSSR count). The van der Waals surface area contributed by atoms with Crippen molar-refractivity contribution in [3.8, 4) is 0 Å². The number of carbonyl (C=O) groups is 2. The molecule has 0 aliphatic heterocycles. The van der Waals surface area contributed by atoms with Gasteiger partial charge in [-0.3, -0.25) is 9.48 Å². The molecule has 0 saturated heterocycles. The average molecular weight is 263 g/mol. The van der Waals surface area contributed by atoms with E-state index in [0.717, 1.165) is 5.56 Å². The number of aromatic carboxylic acids is 1. The highest BCUT2D eigenvalue weighted by atomic mass is 16.4. The maximum absolute atomic E-state index is 11.7. The van der Waals surface area contributed by atoms with Crippen LogP contribution >= 0.6 is 0 Å². The number of H-pyrrole nitrogens is 1. The minimum absolute atomic E-state index is 0.121. The maximum atomic E-state index is 11.7. The SMILES string of the molecule is Cc1cnn(CCNC(=O)c2nc[nH]c2C(=O)O)c1. The Morgan fingerprint density at radius 1 is 1.53 bits per heavy atom. The zero-order valence-corrected chi connectivity index (χ0v) is 10.3. The van der Waals surface area contributed by atoms with Crippen LogP contribution in [0.2, 0.25) is 0 Å². The van der Waals surface area contributed by atoms with Gasteiger partial charge in [0, 0.05) is 12.7 Å². The van der Waals surface area contributed by atoms with Crippen LogP contribution in [0.4, 0.5) is 0 Å². The third-order valence-corrected chi connectivity index (χ3v) is 2.46. The average Bonchev–Trinajstić information content (AvgIpc) is 2.97. The number of aromatic nitrogens is 4. The van der Waals surface area contributed by atoms with Gasteiger partial charge in [0.15, 0.2) is 11.4 Å². The van der Waals surface area contributed by atoms with Gasteiger partial charge in [-0.1, -0.05) is 0 Å². The second kappa shape index (κ2) is 5.34. The van der Waals surface area contributed by atoms with Gasteiger partial charge in [-0.15, -0.1) is 0 Å². The van der Waals surface area contributed by atoms with Crippen LogP contribution in [-0.2, 0) is 6.54 Å². The Morgan fingerprint density at radius 2 is 2.32 bits per heavy atom. The third-order valence-electron chi connectivity index (χ3n) is 2.46. The van der Waals surface area contributed by atoms with Crippen LogP contribution < -0.4 is 5.32 Å². The van der Waals surface area contributed by atoms with E-state index < -0.39 is 11.9 Å². The fourth-order valence-electron chi connectivity index (χ4n) is 1.59. The van der Waals surface area contributed by atoms with E-state index >= 15 is 0 Å². The first-order valence-electron chi connectivity index (χ1n) is 5.62. The summed E-state index contributed by atoms with van der Waals surface area (Å²) in [5, 5.41) is 15.5. The summed E-state index contributed by atoms with van der Waals surface area (Å²) in [6.45, 7) is 2.77. The molecule has 19 heavy (non-hydrogen) atoms. The molecule has 0 aromatic carbocycles. The Morgan fingerprint density at radius 3 is 2.95 bits per heavy atom. The highest BCUT2D eigenvalue weighted by molar-refractivity contribution is 6.02. The molecule has 2 heterocycles. The van der Waals surface area contributed by atoms with Gasteiger partial charge in [-0.05, 0) is 12.5 Å². The molecule has 3 N–H and O–H groups in total. The molecule has 8 nitrogen and oxygen atoms in total. The molecule has 8 heteroatoms. The molecule has 2 aromatic heterocycles. The van der Waals surface area contributed by atoms with E-state index in [1.807, 2.05) is 13.1 Å². The van der Waals surface area contributed by atoms with Gasteiger partial charge in [0.1, 0.15) is 0 Å². The van der Waals surface area contributed by atoms with E-state index in [0.29, 0.717) is 13.1 Å². The van der Waals surface area contributed by atoms with Gasteiger partial charge in [-0.25, -0.2) is 9.78 Å². The molecule has 0 aliphatic carbocycles. The fraction of sp³-hybridized carbons (Fsp3) is 0.273. The molecule has 0 saturated carbocycles. The highest BCUT2D eigenvalue weighted by Gasteiger charge is 2.18. The van der Waals surface area contributed by atoms with Crippen LogP contribution in [-0.4, -0.2) is 43.3 Å². The van der Waals surface area contributed by atoms with Gasteiger partial charge in [0.2, 0.25) is 0 Å². The minimum Gasteiger partial charge on any atom is -0.477 e. The van der Waals surface area contributed by atoms with E-state index in [4.69, 9.17) is 5.11 Å². The number of amides is 1. The predicted molar refractivity (Wildman–Crippen MR) is 64.8 cm³/mol. The quantitative estimate of drug-likeness (QED) is 0.705. The van der Waals surface area contributed by atoms with Crippen molar-refractivity contribution in [3.63, 3.8) is 0 Å². The van der Waals surface area contributed by atoms with Crippen molar-refractivity contribution in [2.75, 3.05) is 6.54 Å². The predicted octanol–water partition coefficient (Wildman–Crippen LogP) is 0.0428. The first kappa shape index (κ1) is 12.8. The second-order valence-electron chi connectivity index (χ2n) is 3.97. The molecule has 1 amide bonds.